The van der Waals surface area contributed by atoms with Crippen LogP contribution in [0.15, 0.2) is 53.0 Å². The largest absolute Gasteiger partial charge is 0.497 e. The SMILES string of the molecule is COc1ccc(CN(CC2CCCO2)C(=S)Nc2ccc(Br)cc2)cc1. The van der Waals surface area contributed by atoms with Crippen molar-refractivity contribution in [3.05, 3.63) is 58.6 Å². The number of ether oxygens (including phenoxy) is 2. The van der Waals surface area contributed by atoms with E-state index in [0.717, 1.165) is 48.4 Å². The third kappa shape index (κ3) is 5.43. The van der Waals surface area contributed by atoms with E-state index in [1.165, 1.54) is 5.56 Å². The fourth-order valence-corrected chi connectivity index (χ4v) is 3.46. The lowest BCUT2D eigenvalue weighted by molar-refractivity contribution is 0.0905. The third-order valence-electron chi connectivity index (χ3n) is 4.36. The van der Waals surface area contributed by atoms with Crippen LogP contribution in [-0.4, -0.2) is 36.4 Å². The highest BCUT2D eigenvalue weighted by molar-refractivity contribution is 9.10. The highest BCUT2D eigenvalue weighted by Gasteiger charge is 2.21. The zero-order valence-corrected chi connectivity index (χ0v) is 17.2. The summed E-state index contributed by atoms with van der Waals surface area (Å²) >= 11 is 9.15. The first kappa shape index (κ1) is 19.1. The molecule has 2 aromatic rings. The summed E-state index contributed by atoms with van der Waals surface area (Å²) in [6.45, 7) is 2.36. The van der Waals surface area contributed by atoms with E-state index in [9.17, 15) is 0 Å². The van der Waals surface area contributed by atoms with Crippen molar-refractivity contribution in [1.82, 2.24) is 4.90 Å². The van der Waals surface area contributed by atoms with Gasteiger partial charge in [0.2, 0.25) is 0 Å². The summed E-state index contributed by atoms with van der Waals surface area (Å²) in [7, 11) is 1.68. The number of benzene rings is 2. The number of anilines is 1. The molecule has 0 bridgehead atoms. The number of halogens is 1. The van der Waals surface area contributed by atoms with Crippen molar-refractivity contribution in [1.29, 1.82) is 0 Å². The Bertz CT molecular complexity index is 716. The number of rotatable bonds is 6. The average molecular weight is 435 g/mol. The zero-order chi connectivity index (χ0) is 18.4. The summed E-state index contributed by atoms with van der Waals surface area (Å²) in [6.07, 6.45) is 2.44. The van der Waals surface area contributed by atoms with Gasteiger partial charge in [-0.25, -0.2) is 0 Å². The second-order valence-corrected chi connectivity index (χ2v) is 7.60. The smallest absolute Gasteiger partial charge is 0.173 e. The van der Waals surface area contributed by atoms with Gasteiger partial charge in [-0.3, -0.25) is 0 Å². The van der Waals surface area contributed by atoms with Gasteiger partial charge in [0.05, 0.1) is 13.2 Å². The van der Waals surface area contributed by atoms with Crippen LogP contribution in [-0.2, 0) is 11.3 Å². The maximum atomic E-state index is 5.82. The minimum absolute atomic E-state index is 0.234. The Morgan fingerprint density at radius 3 is 2.58 bits per heavy atom. The molecular weight excluding hydrogens is 412 g/mol. The Balaban J connectivity index is 1.70. The van der Waals surface area contributed by atoms with Crippen molar-refractivity contribution in [3.8, 4) is 5.75 Å². The van der Waals surface area contributed by atoms with Gasteiger partial charge in [-0.1, -0.05) is 28.1 Å². The van der Waals surface area contributed by atoms with E-state index in [4.69, 9.17) is 21.7 Å². The predicted octanol–water partition coefficient (Wildman–Crippen LogP) is 4.84. The van der Waals surface area contributed by atoms with E-state index < -0.39 is 0 Å². The molecule has 0 saturated carbocycles. The normalized spacial score (nSPS) is 16.3. The van der Waals surface area contributed by atoms with E-state index in [-0.39, 0.29) is 6.10 Å². The van der Waals surface area contributed by atoms with Gasteiger partial charge in [0.25, 0.3) is 0 Å². The van der Waals surface area contributed by atoms with Crippen molar-refractivity contribution in [2.24, 2.45) is 0 Å². The van der Waals surface area contributed by atoms with Gasteiger partial charge in [0.1, 0.15) is 5.75 Å². The third-order valence-corrected chi connectivity index (χ3v) is 5.25. The summed E-state index contributed by atoms with van der Waals surface area (Å²) in [6, 6.07) is 16.1. The monoisotopic (exact) mass is 434 g/mol. The first-order chi connectivity index (χ1) is 12.6. The van der Waals surface area contributed by atoms with Gasteiger partial charge in [-0.05, 0) is 67.0 Å². The molecule has 2 aromatic carbocycles. The Kier molecular flexibility index (Phi) is 6.88. The Morgan fingerprint density at radius 1 is 1.23 bits per heavy atom. The average Bonchev–Trinajstić information content (AvgIpc) is 3.17. The van der Waals surface area contributed by atoms with Gasteiger partial charge >= 0.3 is 0 Å². The minimum Gasteiger partial charge on any atom is -0.497 e. The maximum absolute atomic E-state index is 5.82. The number of thiocarbonyl (C=S) groups is 1. The number of hydrogen-bond acceptors (Lipinski definition) is 3. The lowest BCUT2D eigenvalue weighted by Gasteiger charge is -2.28. The second-order valence-electron chi connectivity index (χ2n) is 6.30. The quantitative estimate of drug-likeness (QED) is 0.657. The first-order valence-corrected chi connectivity index (χ1v) is 9.90. The van der Waals surface area contributed by atoms with Crippen LogP contribution in [0.5, 0.6) is 5.75 Å². The molecule has 1 aliphatic heterocycles. The number of nitrogens with zero attached hydrogens (tertiary/aromatic N) is 1. The summed E-state index contributed by atoms with van der Waals surface area (Å²) in [5, 5.41) is 4.05. The molecule has 1 unspecified atom stereocenters. The standard InChI is InChI=1S/C20H23BrN2O2S/c1-24-18-10-4-15(5-11-18)13-23(14-19-3-2-12-25-19)20(26)22-17-8-6-16(21)7-9-17/h4-11,19H,2-3,12-14H2,1H3,(H,22,26). The molecule has 0 radical (unpaired) electrons. The Hall–Kier alpha value is -1.63. The second kappa shape index (κ2) is 9.35. The van der Waals surface area contributed by atoms with Crippen LogP contribution in [0.4, 0.5) is 5.69 Å². The molecule has 6 heteroatoms. The van der Waals surface area contributed by atoms with Gasteiger partial charge in [-0.2, -0.15) is 0 Å². The summed E-state index contributed by atoms with van der Waals surface area (Å²) in [5.74, 6) is 0.856. The maximum Gasteiger partial charge on any atom is 0.173 e. The van der Waals surface area contributed by atoms with Crippen LogP contribution in [0.3, 0.4) is 0 Å². The Morgan fingerprint density at radius 2 is 1.96 bits per heavy atom. The van der Waals surface area contributed by atoms with Crippen LogP contribution < -0.4 is 10.1 Å². The van der Waals surface area contributed by atoms with E-state index in [0.29, 0.717) is 5.11 Å². The molecule has 0 amide bonds. The van der Waals surface area contributed by atoms with E-state index in [2.05, 4.69) is 38.3 Å². The highest BCUT2D eigenvalue weighted by Crippen LogP contribution is 2.19. The van der Waals surface area contributed by atoms with Crippen molar-refractivity contribution in [2.75, 3.05) is 25.6 Å². The van der Waals surface area contributed by atoms with Crippen molar-refractivity contribution in [2.45, 2.75) is 25.5 Å². The predicted molar refractivity (Wildman–Crippen MR) is 113 cm³/mol. The molecule has 26 heavy (non-hydrogen) atoms. The highest BCUT2D eigenvalue weighted by atomic mass is 79.9. The lowest BCUT2D eigenvalue weighted by atomic mass is 10.2. The lowest BCUT2D eigenvalue weighted by Crippen LogP contribution is -2.39. The van der Waals surface area contributed by atoms with Crippen LogP contribution in [0.2, 0.25) is 0 Å². The van der Waals surface area contributed by atoms with Crippen molar-refractivity contribution >= 4 is 38.9 Å². The van der Waals surface area contributed by atoms with Gasteiger partial charge in [0.15, 0.2) is 5.11 Å². The molecule has 0 aromatic heterocycles. The van der Waals surface area contributed by atoms with Crippen LogP contribution in [0.25, 0.3) is 0 Å². The molecule has 3 rings (SSSR count). The molecule has 0 aliphatic carbocycles. The molecular formula is C20H23BrN2O2S. The Labute approximate surface area is 168 Å². The molecule has 1 heterocycles. The molecule has 1 fully saturated rings. The number of nitrogens with one attached hydrogen (secondary N) is 1. The number of hydrogen-bond donors (Lipinski definition) is 1. The van der Waals surface area contributed by atoms with Crippen molar-refractivity contribution in [3.63, 3.8) is 0 Å². The molecule has 1 atom stereocenters. The van der Waals surface area contributed by atoms with Gasteiger partial charge < -0.3 is 19.7 Å². The molecule has 1 aliphatic rings. The fraction of sp³-hybridized carbons (Fsp3) is 0.350. The van der Waals surface area contributed by atoms with Gasteiger partial charge in [0, 0.05) is 29.9 Å². The molecule has 1 N–H and O–H groups in total. The van der Waals surface area contributed by atoms with Crippen LogP contribution in [0.1, 0.15) is 18.4 Å². The first-order valence-electron chi connectivity index (χ1n) is 8.70. The van der Waals surface area contributed by atoms with E-state index in [1.54, 1.807) is 7.11 Å². The van der Waals surface area contributed by atoms with E-state index >= 15 is 0 Å². The van der Waals surface area contributed by atoms with Gasteiger partial charge in [-0.15, -0.1) is 0 Å². The summed E-state index contributed by atoms with van der Waals surface area (Å²) in [4.78, 5) is 2.18. The summed E-state index contributed by atoms with van der Waals surface area (Å²) < 4.78 is 12.1. The minimum atomic E-state index is 0.234. The van der Waals surface area contributed by atoms with E-state index in [1.807, 2.05) is 36.4 Å². The summed E-state index contributed by atoms with van der Waals surface area (Å²) in [5.41, 5.74) is 2.16. The zero-order valence-electron chi connectivity index (χ0n) is 14.8. The molecule has 1 saturated heterocycles. The number of methoxy groups -OCH3 is 1. The van der Waals surface area contributed by atoms with Crippen LogP contribution >= 0.6 is 28.1 Å². The fourth-order valence-electron chi connectivity index (χ4n) is 2.94. The van der Waals surface area contributed by atoms with Crippen LogP contribution in [0, 0.1) is 0 Å². The molecule has 0 spiro atoms. The van der Waals surface area contributed by atoms with Crippen molar-refractivity contribution < 1.29 is 9.47 Å². The molecule has 138 valence electrons. The molecule has 4 nitrogen and oxygen atoms in total. The topological polar surface area (TPSA) is 33.7 Å².